The Morgan fingerprint density at radius 2 is 1.70 bits per heavy atom. The number of methoxy groups -OCH3 is 2. The summed E-state index contributed by atoms with van der Waals surface area (Å²) in [4.78, 5) is 31.6. The molecule has 2 aliphatic rings. The second-order valence-electron chi connectivity index (χ2n) is 7.59. The van der Waals surface area contributed by atoms with E-state index in [0.29, 0.717) is 36.8 Å². The molecule has 2 amide bonds. The molecule has 1 atom stereocenters. The third-order valence-electron chi connectivity index (χ3n) is 5.86. The maximum Gasteiger partial charge on any atom is 0.228 e. The lowest BCUT2D eigenvalue weighted by Gasteiger charge is -2.37. The molecule has 2 fully saturated rings. The van der Waals surface area contributed by atoms with Gasteiger partial charge in [0, 0.05) is 50.9 Å². The van der Waals surface area contributed by atoms with Gasteiger partial charge in [0.15, 0.2) is 0 Å². The number of hydrogen-bond acceptors (Lipinski definition) is 5. The normalized spacial score (nSPS) is 19.2. The van der Waals surface area contributed by atoms with E-state index in [1.807, 2.05) is 23.1 Å². The molecule has 0 unspecified atom stereocenters. The van der Waals surface area contributed by atoms with Crippen LogP contribution in [-0.2, 0) is 9.59 Å². The summed E-state index contributed by atoms with van der Waals surface area (Å²) in [7, 11) is 3.15. The van der Waals surface area contributed by atoms with Crippen LogP contribution in [0.25, 0.3) is 0 Å². The van der Waals surface area contributed by atoms with Gasteiger partial charge in [-0.3, -0.25) is 9.59 Å². The minimum atomic E-state index is -0.326. The molecular weight excluding hydrogens is 382 g/mol. The standard InChI is InChI=1S/C23H27N3O4/c1-29-19-8-9-20(21(15-19)30-2)26-16-17(14-22(26)27)23(28)25-12-10-24(11-13-25)18-6-4-3-5-7-18/h3-9,15,17H,10-14,16H2,1-2H3/t17-/m1/s1. The fourth-order valence-corrected chi connectivity index (χ4v) is 4.20. The van der Waals surface area contributed by atoms with Crippen LogP contribution in [0.15, 0.2) is 48.5 Å². The molecule has 0 N–H and O–H groups in total. The van der Waals surface area contributed by atoms with E-state index in [4.69, 9.17) is 9.47 Å². The van der Waals surface area contributed by atoms with Gasteiger partial charge < -0.3 is 24.2 Å². The van der Waals surface area contributed by atoms with Gasteiger partial charge in [0.25, 0.3) is 0 Å². The van der Waals surface area contributed by atoms with Crippen molar-refractivity contribution in [1.29, 1.82) is 0 Å². The minimum absolute atomic E-state index is 0.0558. The molecule has 7 nitrogen and oxygen atoms in total. The molecular formula is C23H27N3O4. The zero-order valence-corrected chi connectivity index (χ0v) is 17.4. The van der Waals surface area contributed by atoms with Crippen LogP contribution in [0.1, 0.15) is 6.42 Å². The topological polar surface area (TPSA) is 62.3 Å². The first kappa shape index (κ1) is 20.1. The average Bonchev–Trinajstić information content (AvgIpc) is 3.20. The van der Waals surface area contributed by atoms with Crippen LogP contribution in [-0.4, -0.2) is 63.7 Å². The number of amides is 2. The average molecular weight is 409 g/mol. The molecule has 158 valence electrons. The van der Waals surface area contributed by atoms with Crippen LogP contribution in [0.4, 0.5) is 11.4 Å². The van der Waals surface area contributed by atoms with Gasteiger partial charge >= 0.3 is 0 Å². The van der Waals surface area contributed by atoms with Crippen LogP contribution in [0.2, 0.25) is 0 Å². The summed E-state index contributed by atoms with van der Waals surface area (Å²) in [6.07, 6.45) is 0.229. The largest absolute Gasteiger partial charge is 0.497 e. The van der Waals surface area contributed by atoms with Crippen molar-refractivity contribution in [3.63, 3.8) is 0 Å². The second kappa shape index (κ2) is 8.65. The van der Waals surface area contributed by atoms with Crippen LogP contribution in [0.3, 0.4) is 0 Å². The van der Waals surface area contributed by atoms with Gasteiger partial charge in [0.05, 0.1) is 25.8 Å². The SMILES string of the molecule is COc1ccc(N2C[C@H](C(=O)N3CCN(c4ccccc4)CC3)CC2=O)c(OC)c1. The van der Waals surface area contributed by atoms with E-state index in [1.54, 1.807) is 37.3 Å². The highest BCUT2D eigenvalue weighted by Gasteiger charge is 2.38. The molecule has 0 saturated carbocycles. The number of para-hydroxylation sites is 1. The van der Waals surface area contributed by atoms with Gasteiger partial charge in [0.2, 0.25) is 11.8 Å². The Morgan fingerprint density at radius 3 is 2.37 bits per heavy atom. The summed E-state index contributed by atoms with van der Waals surface area (Å²) in [5.74, 6) is 0.900. The van der Waals surface area contributed by atoms with Crippen molar-refractivity contribution in [2.24, 2.45) is 5.92 Å². The van der Waals surface area contributed by atoms with E-state index in [9.17, 15) is 9.59 Å². The summed E-state index contributed by atoms with van der Waals surface area (Å²) < 4.78 is 10.7. The Morgan fingerprint density at radius 1 is 0.967 bits per heavy atom. The summed E-state index contributed by atoms with van der Waals surface area (Å²) in [5.41, 5.74) is 1.85. The van der Waals surface area contributed by atoms with Crippen molar-refractivity contribution < 1.29 is 19.1 Å². The smallest absolute Gasteiger partial charge is 0.228 e. The number of piperazine rings is 1. The highest BCUT2D eigenvalue weighted by atomic mass is 16.5. The first-order valence-corrected chi connectivity index (χ1v) is 10.2. The van der Waals surface area contributed by atoms with E-state index in [2.05, 4.69) is 17.0 Å². The van der Waals surface area contributed by atoms with Gasteiger partial charge in [-0.25, -0.2) is 0 Å². The van der Waals surface area contributed by atoms with Crippen LogP contribution in [0, 0.1) is 5.92 Å². The van der Waals surface area contributed by atoms with Crippen molar-refractivity contribution in [2.75, 3.05) is 56.7 Å². The van der Waals surface area contributed by atoms with Crippen molar-refractivity contribution in [3.8, 4) is 11.5 Å². The fraction of sp³-hybridized carbons (Fsp3) is 0.391. The number of carbonyl (C=O) groups excluding carboxylic acids is 2. The van der Waals surface area contributed by atoms with Gasteiger partial charge in [-0.15, -0.1) is 0 Å². The molecule has 7 heteroatoms. The number of anilines is 2. The molecule has 30 heavy (non-hydrogen) atoms. The molecule has 0 radical (unpaired) electrons. The van der Waals surface area contributed by atoms with Crippen LogP contribution < -0.4 is 19.3 Å². The Bertz CT molecular complexity index is 910. The van der Waals surface area contributed by atoms with Crippen LogP contribution in [0.5, 0.6) is 11.5 Å². The van der Waals surface area contributed by atoms with Gasteiger partial charge in [-0.2, -0.15) is 0 Å². The maximum atomic E-state index is 13.1. The number of rotatable bonds is 5. The first-order chi connectivity index (χ1) is 14.6. The quantitative estimate of drug-likeness (QED) is 0.759. The summed E-state index contributed by atoms with van der Waals surface area (Å²) in [5, 5.41) is 0. The second-order valence-corrected chi connectivity index (χ2v) is 7.59. The molecule has 0 bridgehead atoms. The summed E-state index contributed by atoms with van der Waals surface area (Å²) in [6.45, 7) is 3.31. The highest BCUT2D eigenvalue weighted by molar-refractivity contribution is 6.01. The number of hydrogen-bond donors (Lipinski definition) is 0. The van der Waals surface area contributed by atoms with E-state index >= 15 is 0 Å². The van der Waals surface area contributed by atoms with Crippen molar-refractivity contribution in [3.05, 3.63) is 48.5 Å². The molecule has 0 aromatic heterocycles. The molecule has 2 heterocycles. The van der Waals surface area contributed by atoms with Crippen molar-refractivity contribution in [2.45, 2.75) is 6.42 Å². The first-order valence-electron chi connectivity index (χ1n) is 10.2. The lowest BCUT2D eigenvalue weighted by atomic mass is 10.1. The Labute approximate surface area is 176 Å². The van der Waals surface area contributed by atoms with Crippen LogP contribution >= 0.6 is 0 Å². The lowest BCUT2D eigenvalue weighted by molar-refractivity contribution is -0.136. The van der Waals surface area contributed by atoms with E-state index in [-0.39, 0.29) is 24.2 Å². The molecule has 2 saturated heterocycles. The predicted octanol–water partition coefficient (Wildman–Crippen LogP) is 2.41. The van der Waals surface area contributed by atoms with Gasteiger partial charge in [-0.05, 0) is 24.3 Å². The summed E-state index contributed by atoms with van der Waals surface area (Å²) in [6, 6.07) is 15.6. The Balaban J connectivity index is 1.40. The predicted molar refractivity (Wildman–Crippen MR) is 115 cm³/mol. The molecule has 4 rings (SSSR count). The third-order valence-corrected chi connectivity index (χ3v) is 5.86. The van der Waals surface area contributed by atoms with Crippen molar-refractivity contribution >= 4 is 23.2 Å². The monoisotopic (exact) mass is 409 g/mol. The maximum absolute atomic E-state index is 13.1. The number of benzene rings is 2. The van der Waals surface area contributed by atoms with E-state index in [0.717, 1.165) is 13.1 Å². The summed E-state index contributed by atoms with van der Waals surface area (Å²) >= 11 is 0. The van der Waals surface area contributed by atoms with Crippen molar-refractivity contribution in [1.82, 2.24) is 4.90 Å². The van der Waals surface area contributed by atoms with E-state index in [1.165, 1.54) is 5.69 Å². The fourth-order valence-electron chi connectivity index (χ4n) is 4.20. The Hall–Kier alpha value is -3.22. The van der Waals surface area contributed by atoms with E-state index < -0.39 is 0 Å². The third kappa shape index (κ3) is 3.92. The lowest BCUT2D eigenvalue weighted by Crippen LogP contribution is -2.50. The molecule has 0 spiro atoms. The molecule has 2 aromatic rings. The highest BCUT2D eigenvalue weighted by Crippen LogP contribution is 2.36. The molecule has 2 aromatic carbocycles. The zero-order chi connectivity index (χ0) is 21.1. The van der Waals surface area contributed by atoms with Gasteiger partial charge in [0.1, 0.15) is 11.5 Å². The Kier molecular flexibility index (Phi) is 5.79. The zero-order valence-electron chi connectivity index (χ0n) is 17.4. The van der Waals surface area contributed by atoms with Gasteiger partial charge in [-0.1, -0.05) is 18.2 Å². The minimum Gasteiger partial charge on any atom is -0.497 e. The molecule has 2 aliphatic heterocycles. The number of ether oxygens (including phenoxy) is 2. The number of carbonyl (C=O) groups is 2. The number of nitrogens with zero attached hydrogens (tertiary/aromatic N) is 3. The molecule has 0 aliphatic carbocycles.